The third-order valence-corrected chi connectivity index (χ3v) is 3.05. The summed E-state index contributed by atoms with van der Waals surface area (Å²) in [5.74, 6) is 1.65. The van der Waals surface area contributed by atoms with E-state index in [1.807, 2.05) is 45.0 Å². The Bertz CT molecular complexity index is 510. The van der Waals surface area contributed by atoms with E-state index < -0.39 is 0 Å². The Labute approximate surface area is 113 Å². The van der Waals surface area contributed by atoms with Gasteiger partial charge in [0.15, 0.2) is 0 Å². The second-order valence-electron chi connectivity index (χ2n) is 4.92. The van der Waals surface area contributed by atoms with Crippen molar-refractivity contribution in [3.63, 3.8) is 0 Å². The monoisotopic (exact) mass is 260 g/mol. The van der Waals surface area contributed by atoms with E-state index in [1.54, 1.807) is 0 Å². The average molecular weight is 260 g/mol. The van der Waals surface area contributed by atoms with E-state index in [4.69, 9.17) is 15.0 Å². The lowest BCUT2D eigenvalue weighted by molar-refractivity contribution is 0.301. The molecule has 0 radical (unpaired) electrons. The van der Waals surface area contributed by atoms with Crippen molar-refractivity contribution in [2.24, 2.45) is 5.73 Å². The first-order valence-electron chi connectivity index (χ1n) is 6.45. The van der Waals surface area contributed by atoms with Crippen LogP contribution in [-0.2, 0) is 13.0 Å². The lowest BCUT2D eigenvalue weighted by Gasteiger charge is -2.08. The smallest absolute Gasteiger partial charge is 0.140 e. The van der Waals surface area contributed by atoms with Crippen molar-refractivity contribution in [1.82, 2.24) is 5.16 Å². The zero-order valence-electron chi connectivity index (χ0n) is 11.6. The predicted molar refractivity (Wildman–Crippen MR) is 74.1 cm³/mol. The van der Waals surface area contributed by atoms with Crippen LogP contribution in [0.3, 0.4) is 0 Å². The molecule has 0 bridgehead atoms. The summed E-state index contributed by atoms with van der Waals surface area (Å²) in [6.45, 7) is 6.29. The first-order chi connectivity index (χ1) is 9.06. The highest BCUT2D eigenvalue weighted by Gasteiger charge is 2.09. The van der Waals surface area contributed by atoms with Gasteiger partial charge in [-0.25, -0.2) is 0 Å². The largest absolute Gasteiger partial charge is 0.489 e. The van der Waals surface area contributed by atoms with Crippen molar-refractivity contribution < 1.29 is 9.26 Å². The number of aryl methyl sites for hydroxylation is 2. The summed E-state index contributed by atoms with van der Waals surface area (Å²) < 4.78 is 10.8. The Morgan fingerprint density at radius 3 is 2.47 bits per heavy atom. The van der Waals surface area contributed by atoms with Crippen LogP contribution >= 0.6 is 0 Å². The molecule has 2 N–H and O–H groups in total. The van der Waals surface area contributed by atoms with Crippen LogP contribution in [0.25, 0.3) is 0 Å². The van der Waals surface area contributed by atoms with Crippen LogP contribution < -0.4 is 10.5 Å². The zero-order valence-corrected chi connectivity index (χ0v) is 11.6. The number of ether oxygens (including phenoxy) is 1. The molecule has 0 fully saturated rings. The summed E-state index contributed by atoms with van der Waals surface area (Å²) in [7, 11) is 0. The predicted octanol–water partition coefficient (Wildman–Crippen LogP) is 2.76. The lowest BCUT2D eigenvalue weighted by Crippen LogP contribution is -2.17. The molecule has 2 aromatic rings. The van der Waals surface area contributed by atoms with Crippen LogP contribution in [0.1, 0.15) is 29.5 Å². The second-order valence-corrected chi connectivity index (χ2v) is 4.92. The molecule has 2 rings (SSSR count). The van der Waals surface area contributed by atoms with E-state index in [2.05, 4.69) is 5.16 Å². The summed E-state index contributed by atoms with van der Waals surface area (Å²) in [5.41, 5.74) is 8.89. The highest BCUT2D eigenvalue weighted by molar-refractivity contribution is 5.28. The van der Waals surface area contributed by atoms with Gasteiger partial charge in [-0.05, 0) is 44.9 Å². The van der Waals surface area contributed by atoms with Crippen molar-refractivity contribution in [3.05, 3.63) is 46.8 Å². The van der Waals surface area contributed by atoms with Gasteiger partial charge in [0, 0.05) is 6.04 Å². The SMILES string of the molecule is Cc1noc(C)c1COc1ccc(CC(C)N)cc1. The van der Waals surface area contributed by atoms with Crippen molar-refractivity contribution in [3.8, 4) is 5.75 Å². The van der Waals surface area contributed by atoms with Crippen LogP contribution in [0.5, 0.6) is 5.75 Å². The summed E-state index contributed by atoms with van der Waals surface area (Å²) in [6, 6.07) is 8.21. The van der Waals surface area contributed by atoms with E-state index in [0.29, 0.717) is 6.61 Å². The molecule has 4 nitrogen and oxygen atoms in total. The molecule has 0 aliphatic carbocycles. The number of rotatable bonds is 5. The maximum Gasteiger partial charge on any atom is 0.140 e. The van der Waals surface area contributed by atoms with Crippen LogP contribution in [0, 0.1) is 13.8 Å². The molecule has 0 saturated carbocycles. The summed E-state index contributed by atoms with van der Waals surface area (Å²) in [4.78, 5) is 0. The fraction of sp³-hybridized carbons (Fsp3) is 0.400. The van der Waals surface area contributed by atoms with E-state index in [1.165, 1.54) is 5.56 Å². The number of aromatic nitrogens is 1. The minimum Gasteiger partial charge on any atom is -0.489 e. The Hall–Kier alpha value is -1.81. The molecule has 1 aromatic heterocycles. The molecule has 1 heterocycles. The summed E-state index contributed by atoms with van der Waals surface area (Å²) >= 11 is 0. The van der Waals surface area contributed by atoms with Gasteiger partial charge in [-0.15, -0.1) is 0 Å². The number of hydrogen-bond acceptors (Lipinski definition) is 4. The Morgan fingerprint density at radius 1 is 1.26 bits per heavy atom. The number of nitrogens with zero attached hydrogens (tertiary/aromatic N) is 1. The normalized spacial score (nSPS) is 12.4. The maximum atomic E-state index is 5.77. The summed E-state index contributed by atoms with van der Waals surface area (Å²) in [6.07, 6.45) is 0.879. The molecular formula is C15H20N2O2. The van der Waals surface area contributed by atoms with Gasteiger partial charge in [-0.1, -0.05) is 17.3 Å². The van der Waals surface area contributed by atoms with Gasteiger partial charge in [0.2, 0.25) is 0 Å². The fourth-order valence-corrected chi connectivity index (χ4v) is 1.96. The molecule has 19 heavy (non-hydrogen) atoms. The van der Waals surface area contributed by atoms with E-state index >= 15 is 0 Å². The number of hydrogen-bond donors (Lipinski definition) is 1. The fourth-order valence-electron chi connectivity index (χ4n) is 1.96. The Balaban J connectivity index is 1.97. The van der Waals surface area contributed by atoms with Gasteiger partial charge in [-0.3, -0.25) is 0 Å². The summed E-state index contributed by atoms with van der Waals surface area (Å²) in [5, 5.41) is 3.91. The zero-order chi connectivity index (χ0) is 13.8. The van der Waals surface area contributed by atoms with Crippen molar-refractivity contribution in [2.45, 2.75) is 39.8 Å². The van der Waals surface area contributed by atoms with Crippen LogP contribution in [0.15, 0.2) is 28.8 Å². The molecule has 102 valence electrons. The van der Waals surface area contributed by atoms with Crippen molar-refractivity contribution in [1.29, 1.82) is 0 Å². The molecule has 0 aliphatic rings. The van der Waals surface area contributed by atoms with Gasteiger partial charge >= 0.3 is 0 Å². The molecular weight excluding hydrogens is 240 g/mol. The molecule has 0 amide bonds. The Morgan fingerprint density at radius 2 is 1.95 bits per heavy atom. The van der Waals surface area contributed by atoms with Gasteiger partial charge in [0.25, 0.3) is 0 Å². The quantitative estimate of drug-likeness (QED) is 0.898. The second kappa shape index (κ2) is 5.89. The van der Waals surface area contributed by atoms with Crippen LogP contribution in [0.2, 0.25) is 0 Å². The molecule has 1 aromatic carbocycles. The lowest BCUT2D eigenvalue weighted by atomic mass is 10.1. The number of benzene rings is 1. The van der Waals surface area contributed by atoms with E-state index in [9.17, 15) is 0 Å². The topological polar surface area (TPSA) is 61.3 Å². The van der Waals surface area contributed by atoms with Gasteiger partial charge in [0.1, 0.15) is 18.1 Å². The van der Waals surface area contributed by atoms with Crippen molar-refractivity contribution in [2.75, 3.05) is 0 Å². The first kappa shape index (κ1) is 13.6. The highest BCUT2D eigenvalue weighted by Crippen LogP contribution is 2.18. The molecule has 0 spiro atoms. The molecule has 0 aliphatic heterocycles. The van der Waals surface area contributed by atoms with Gasteiger partial charge in [-0.2, -0.15) is 0 Å². The van der Waals surface area contributed by atoms with Crippen LogP contribution in [0.4, 0.5) is 0 Å². The number of nitrogens with two attached hydrogens (primary N) is 1. The van der Waals surface area contributed by atoms with Gasteiger partial charge in [0.05, 0.1) is 11.3 Å². The van der Waals surface area contributed by atoms with E-state index in [-0.39, 0.29) is 6.04 Å². The first-order valence-corrected chi connectivity index (χ1v) is 6.45. The van der Waals surface area contributed by atoms with Gasteiger partial charge < -0.3 is 15.0 Å². The third kappa shape index (κ3) is 3.58. The van der Waals surface area contributed by atoms with Crippen molar-refractivity contribution >= 4 is 0 Å². The maximum absolute atomic E-state index is 5.77. The van der Waals surface area contributed by atoms with Crippen LogP contribution in [-0.4, -0.2) is 11.2 Å². The molecule has 1 unspecified atom stereocenters. The minimum atomic E-state index is 0.175. The van der Waals surface area contributed by atoms with E-state index in [0.717, 1.165) is 29.2 Å². The molecule has 1 atom stereocenters. The standard InChI is InChI=1S/C15H20N2O2/c1-10(16)8-13-4-6-14(7-5-13)18-9-15-11(2)17-19-12(15)3/h4-7,10H,8-9,16H2,1-3H3. The average Bonchev–Trinajstić information content (AvgIpc) is 2.68. The Kier molecular flexibility index (Phi) is 4.22. The minimum absolute atomic E-state index is 0.175. The molecule has 4 heteroatoms. The third-order valence-electron chi connectivity index (χ3n) is 3.05. The molecule has 0 saturated heterocycles. The highest BCUT2D eigenvalue weighted by atomic mass is 16.5.